The predicted octanol–water partition coefficient (Wildman–Crippen LogP) is 2.49. The number of sulfone groups is 1. The highest BCUT2D eigenvalue weighted by atomic mass is 79.9. The average Bonchev–Trinajstić information content (AvgIpc) is 2.74. The maximum absolute atomic E-state index is 11.4. The third kappa shape index (κ3) is 3.55. The molecule has 4 nitrogen and oxygen atoms in total. The van der Waals surface area contributed by atoms with E-state index in [9.17, 15) is 8.42 Å². The Kier molecular flexibility index (Phi) is 4.77. The van der Waals surface area contributed by atoms with E-state index >= 15 is 0 Å². The summed E-state index contributed by atoms with van der Waals surface area (Å²) in [5.74, 6) is 0. The van der Waals surface area contributed by atoms with Crippen LogP contribution in [0.1, 0.15) is 26.7 Å². The highest BCUT2D eigenvalue weighted by Crippen LogP contribution is 2.30. The molecule has 6 heteroatoms. The molecule has 1 rings (SSSR count). The highest BCUT2D eigenvalue weighted by Gasteiger charge is 2.26. The van der Waals surface area contributed by atoms with Crippen LogP contribution in [-0.2, 0) is 16.4 Å². The molecule has 1 aromatic heterocycles. The molecule has 0 atom stereocenters. The van der Waals surface area contributed by atoms with Gasteiger partial charge in [0.1, 0.15) is 4.90 Å². The summed E-state index contributed by atoms with van der Waals surface area (Å²) >= 11 is 3.54. The molecule has 1 aromatic rings. The van der Waals surface area contributed by atoms with Gasteiger partial charge in [0.05, 0.1) is 6.20 Å². The second-order valence-corrected chi connectivity index (χ2v) is 7.06. The van der Waals surface area contributed by atoms with E-state index in [0.717, 1.165) is 24.7 Å². The minimum atomic E-state index is -3.15. The monoisotopic (exact) mass is 322 g/mol. The Morgan fingerprint density at radius 2 is 2.00 bits per heavy atom. The van der Waals surface area contributed by atoms with Crippen LogP contribution in [0.2, 0.25) is 0 Å². The minimum Gasteiger partial charge on any atom is -0.271 e. The summed E-state index contributed by atoms with van der Waals surface area (Å²) in [6, 6.07) is 0. The molecule has 0 aliphatic rings. The summed E-state index contributed by atoms with van der Waals surface area (Å²) in [6.07, 6.45) is 6.29. The van der Waals surface area contributed by atoms with Crippen LogP contribution in [0.5, 0.6) is 0 Å². The van der Waals surface area contributed by atoms with Crippen molar-refractivity contribution in [2.45, 2.75) is 38.1 Å². The van der Waals surface area contributed by atoms with E-state index in [1.54, 1.807) is 10.9 Å². The van der Waals surface area contributed by atoms with Crippen LogP contribution in [0, 0.1) is 5.41 Å². The number of aromatic nitrogens is 2. The van der Waals surface area contributed by atoms with Crippen molar-refractivity contribution in [3.63, 3.8) is 0 Å². The summed E-state index contributed by atoms with van der Waals surface area (Å²) in [6.45, 7) is 5.03. The lowest BCUT2D eigenvalue weighted by atomic mass is 9.85. The van der Waals surface area contributed by atoms with E-state index in [1.165, 1.54) is 12.5 Å². The van der Waals surface area contributed by atoms with Crippen molar-refractivity contribution in [1.82, 2.24) is 9.78 Å². The molecule has 0 saturated carbocycles. The number of rotatable bonds is 6. The summed E-state index contributed by atoms with van der Waals surface area (Å²) in [7, 11) is -3.15. The second kappa shape index (κ2) is 5.52. The minimum absolute atomic E-state index is 0.140. The molecule has 0 spiro atoms. The fourth-order valence-corrected chi connectivity index (χ4v) is 3.19. The van der Waals surface area contributed by atoms with Gasteiger partial charge in [-0.1, -0.05) is 29.8 Å². The Morgan fingerprint density at radius 3 is 2.35 bits per heavy atom. The van der Waals surface area contributed by atoms with Gasteiger partial charge in [-0.25, -0.2) is 8.42 Å². The van der Waals surface area contributed by atoms with Crippen molar-refractivity contribution in [2.24, 2.45) is 5.41 Å². The van der Waals surface area contributed by atoms with Gasteiger partial charge in [-0.3, -0.25) is 4.68 Å². The molecule has 0 bridgehead atoms. The fraction of sp³-hybridized carbons (Fsp3) is 0.727. The lowest BCUT2D eigenvalue weighted by Crippen LogP contribution is -2.27. The van der Waals surface area contributed by atoms with Crippen molar-refractivity contribution in [2.75, 3.05) is 11.6 Å². The van der Waals surface area contributed by atoms with Gasteiger partial charge >= 0.3 is 0 Å². The van der Waals surface area contributed by atoms with Gasteiger partial charge < -0.3 is 0 Å². The van der Waals surface area contributed by atoms with Crippen molar-refractivity contribution in [3.8, 4) is 0 Å². The summed E-state index contributed by atoms with van der Waals surface area (Å²) in [5.41, 5.74) is 0.140. The molecule has 0 fully saturated rings. The first-order valence-electron chi connectivity index (χ1n) is 5.65. The van der Waals surface area contributed by atoms with Gasteiger partial charge in [-0.05, 0) is 18.3 Å². The number of hydrogen-bond donors (Lipinski definition) is 0. The van der Waals surface area contributed by atoms with Crippen molar-refractivity contribution < 1.29 is 8.42 Å². The summed E-state index contributed by atoms with van der Waals surface area (Å²) < 4.78 is 24.4. The molecule has 98 valence electrons. The Bertz CT molecular complexity index is 455. The third-order valence-electron chi connectivity index (χ3n) is 3.32. The van der Waals surface area contributed by atoms with Crippen molar-refractivity contribution >= 4 is 25.8 Å². The second-order valence-electron chi connectivity index (χ2n) is 4.49. The van der Waals surface area contributed by atoms with Crippen molar-refractivity contribution in [3.05, 3.63) is 12.4 Å². The molecule has 0 aliphatic carbocycles. The van der Waals surface area contributed by atoms with Crippen LogP contribution in [0.3, 0.4) is 0 Å². The molecular weight excluding hydrogens is 304 g/mol. The molecule has 0 aliphatic heterocycles. The zero-order chi connectivity index (χ0) is 13.1. The third-order valence-corrected chi connectivity index (χ3v) is 5.58. The largest absolute Gasteiger partial charge is 0.271 e. The number of nitrogens with zero attached hydrogens (tertiary/aromatic N) is 2. The zero-order valence-electron chi connectivity index (χ0n) is 10.5. The van der Waals surface area contributed by atoms with E-state index in [4.69, 9.17) is 0 Å². The van der Waals surface area contributed by atoms with Gasteiger partial charge in [0.2, 0.25) is 0 Å². The molecule has 0 N–H and O–H groups in total. The van der Waals surface area contributed by atoms with Crippen LogP contribution in [0.15, 0.2) is 17.3 Å². The van der Waals surface area contributed by atoms with Gasteiger partial charge in [0.15, 0.2) is 9.84 Å². The quantitative estimate of drug-likeness (QED) is 0.756. The van der Waals surface area contributed by atoms with E-state index < -0.39 is 9.84 Å². The maximum Gasteiger partial charge on any atom is 0.178 e. The lowest BCUT2D eigenvalue weighted by Gasteiger charge is -2.29. The molecule has 0 aromatic carbocycles. The van der Waals surface area contributed by atoms with Crippen LogP contribution in [-0.4, -0.2) is 29.8 Å². The normalized spacial score (nSPS) is 12.9. The van der Waals surface area contributed by atoms with Crippen LogP contribution in [0.25, 0.3) is 0 Å². The summed E-state index contributed by atoms with van der Waals surface area (Å²) in [4.78, 5) is 0.285. The maximum atomic E-state index is 11.4. The van der Waals surface area contributed by atoms with Crippen LogP contribution in [0.4, 0.5) is 0 Å². The first-order chi connectivity index (χ1) is 7.87. The SMILES string of the molecule is CCC(CC)(CBr)Cn1cc(S(C)(=O)=O)cn1. The Morgan fingerprint density at radius 1 is 1.41 bits per heavy atom. The van der Waals surface area contributed by atoms with Crippen LogP contribution < -0.4 is 0 Å². The number of hydrogen-bond acceptors (Lipinski definition) is 3. The molecule has 0 unspecified atom stereocenters. The smallest absolute Gasteiger partial charge is 0.178 e. The molecule has 0 amide bonds. The first-order valence-corrected chi connectivity index (χ1v) is 8.66. The van der Waals surface area contributed by atoms with E-state index in [1.807, 2.05) is 0 Å². The van der Waals surface area contributed by atoms with E-state index in [-0.39, 0.29) is 10.3 Å². The summed E-state index contributed by atoms with van der Waals surface area (Å²) in [5, 5.41) is 5.02. The molecular formula is C11H19BrN2O2S. The standard InChI is InChI=1S/C11H19BrN2O2S/c1-4-11(5-2,8-12)9-14-7-10(6-13-14)17(3,15)16/h6-7H,4-5,8-9H2,1-3H3. The Hall–Kier alpha value is -0.360. The topological polar surface area (TPSA) is 52.0 Å². The Balaban J connectivity index is 2.92. The lowest BCUT2D eigenvalue weighted by molar-refractivity contribution is 0.247. The molecule has 0 saturated heterocycles. The van der Waals surface area contributed by atoms with E-state index in [2.05, 4.69) is 34.9 Å². The Labute approximate surface area is 111 Å². The first kappa shape index (κ1) is 14.7. The molecule has 1 heterocycles. The fourth-order valence-electron chi connectivity index (χ4n) is 1.67. The predicted molar refractivity (Wildman–Crippen MR) is 72.1 cm³/mol. The van der Waals surface area contributed by atoms with Crippen molar-refractivity contribution in [1.29, 1.82) is 0 Å². The van der Waals surface area contributed by atoms with Gasteiger partial charge in [0.25, 0.3) is 0 Å². The zero-order valence-corrected chi connectivity index (χ0v) is 12.9. The van der Waals surface area contributed by atoms with Gasteiger partial charge in [0, 0.05) is 24.3 Å². The number of halogens is 1. The molecule has 0 radical (unpaired) electrons. The highest BCUT2D eigenvalue weighted by molar-refractivity contribution is 9.09. The van der Waals surface area contributed by atoms with Crippen LogP contribution >= 0.6 is 15.9 Å². The van der Waals surface area contributed by atoms with Gasteiger partial charge in [-0.2, -0.15) is 5.10 Å². The average molecular weight is 323 g/mol. The van der Waals surface area contributed by atoms with E-state index in [0.29, 0.717) is 0 Å². The number of alkyl halides is 1. The molecule has 17 heavy (non-hydrogen) atoms. The van der Waals surface area contributed by atoms with Gasteiger partial charge in [-0.15, -0.1) is 0 Å².